The molecule has 6 nitrogen and oxygen atoms in total. The van der Waals surface area contributed by atoms with E-state index >= 15 is 0 Å². The van der Waals surface area contributed by atoms with Crippen LogP contribution < -0.4 is 11.1 Å². The van der Waals surface area contributed by atoms with Crippen LogP contribution >= 0.6 is 0 Å². The van der Waals surface area contributed by atoms with E-state index in [1.165, 1.54) is 0 Å². The number of aromatic nitrogens is 3. The number of fused-ring (bicyclic) bond motifs is 2. The van der Waals surface area contributed by atoms with E-state index in [-0.39, 0.29) is 5.91 Å². The number of nitrogens with one attached hydrogen (secondary N) is 1. The first-order valence-corrected chi connectivity index (χ1v) is 8.11. The van der Waals surface area contributed by atoms with Gasteiger partial charge in [-0.15, -0.1) is 6.58 Å². The Kier molecular flexibility index (Phi) is 4.46. The summed E-state index contributed by atoms with van der Waals surface area (Å²) in [4.78, 5) is 21.9. The number of nitrogens with zero attached hydrogens (tertiary/aromatic N) is 3. The fraction of sp³-hybridized carbons (Fsp3) is 0.278. The minimum atomic E-state index is -0.210. The van der Waals surface area contributed by atoms with Crippen LogP contribution in [0.2, 0.25) is 0 Å². The summed E-state index contributed by atoms with van der Waals surface area (Å²) in [5.74, 6) is 0.160. The van der Waals surface area contributed by atoms with Crippen molar-refractivity contribution in [3.63, 3.8) is 0 Å². The van der Waals surface area contributed by atoms with E-state index in [0.29, 0.717) is 35.6 Å². The van der Waals surface area contributed by atoms with Gasteiger partial charge in [0.2, 0.25) is 0 Å². The van der Waals surface area contributed by atoms with E-state index in [4.69, 9.17) is 5.73 Å². The number of hydrogen-bond acceptors (Lipinski definition) is 4. The predicted molar refractivity (Wildman–Crippen MR) is 96.9 cm³/mol. The van der Waals surface area contributed by atoms with Gasteiger partial charge in [-0.25, -0.2) is 9.97 Å². The third kappa shape index (κ3) is 2.71. The van der Waals surface area contributed by atoms with E-state index in [9.17, 15) is 4.79 Å². The molecule has 0 spiro atoms. The van der Waals surface area contributed by atoms with Crippen molar-refractivity contribution in [2.24, 2.45) is 0 Å². The van der Waals surface area contributed by atoms with Gasteiger partial charge < -0.3 is 15.6 Å². The number of carbonyl (C=O) groups is 1. The Balaban J connectivity index is 2.19. The van der Waals surface area contributed by atoms with Crippen LogP contribution in [0.1, 0.15) is 30.1 Å². The Morgan fingerprint density at radius 1 is 1.33 bits per heavy atom. The van der Waals surface area contributed by atoms with Crippen LogP contribution in [0.15, 0.2) is 36.9 Å². The summed E-state index contributed by atoms with van der Waals surface area (Å²) in [5.41, 5.74) is 9.28. The van der Waals surface area contributed by atoms with Crippen molar-refractivity contribution < 1.29 is 4.79 Å². The van der Waals surface area contributed by atoms with Gasteiger partial charge in [-0.05, 0) is 18.6 Å². The maximum absolute atomic E-state index is 12.6. The van der Waals surface area contributed by atoms with Crippen molar-refractivity contribution in [2.75, 3.05) is 12.3 Å². The average Bonchev–Trinajstić information content (AvgIpc) is 2.85. The van der Waals surface area contributed by atoms with Gasteiger partial charge in [0.25, 0.3) is 5.91 Å². The van der Waals surface area contributed by atoms with Crippen LogP contribution in [0.3, 0.4) is 0 Å². The maximum atomic E-state index is 12.6. The molecule has 0 aliphatic heterocycles. The number of hydrogen-bond donors (Lipinski definition) is 2. The molecule has 24 heavy (non-hydrogen) atoms. The highest BCUT2D eigenvalue weighted by molar-refractivity contribution is 6.10. The van der Waals surface area contributed by atoms with Crippen molar-refractivity contribution in [2.45, 2.75) is 26.3 Å². The van der Waals surface area contributed by atoms with Crippen LogP contribution in [-0.4, -0.2) is 27.0 Å². The van der Waals surface area contributed by atoms with Crippen molar-refractivity contribution in [1.29, 1.82) is 0 Å². The Bertz CT molecular complexity index is 913. The van der Waals surface area contributed by atoms with Crippen LogP contribution in [0.4, 0.5) is 5.82 Å². The molecule has 1 aromatic carbocycles. The summed E-state index contributed by atoms with van der Waals surface area (Å²) in [6, 6.07) is 7.57. The molecule has 0 aliphatic carbocycles. The first-order valence-electron chi connectivity index (χ1n) is 8.11. The number of benzene rings is 1. The zero-order valence-electron chi connectivity index (χ0n) is 13.7. The lowest BCUT2D eigenvalue weighted by molar-refractivity contribution is 0.0955. The molecule has 3 N–H and O–H groups in total. The first kappa shape index (κ1) is 16.0. The molecule has 3 aromatic rings. The molecular weight excluding hydrogens is 302 g/mol. The molecule has 0 atom stereocenters. The first-order chi connectivity index (χ1) is 11.7. The molecular formula is C18H21N5O. The molecule has 0 saturated heterocycles. The smallest absolute Gasteiger partial charge is 0.257 e. The fourth-order valence-electron chi connectivity index (χ4n) is 2.72. The monoisotopic (exact) mass is 323 g/mol. The number of unbranched alkanes of at least 4 members (excludes halogenated alkanes) is 1. The molecule has 3 rings (SSSR count). The third-order valence-electron chi connectivity index (χ3n) is 3.95. The van der Waals surface area contributed by atoms with Crippen LogP contribution in [0, 0.1) is 0 Å². The second kappa shape index (κ2) is 6.70. The molecule has 0 unspecified atom stereocenters. The van der Waals surface area contributed by atoms with E-state index in [1.807, 2.05) is 24.3 Å². The maximum Gasteiger partial charge on any atom is 0.257 e. The van der Waals surface area contributed by atoms with Crippen LogP contribution in [-0.2, 0) is 6.54 Å². The number of carbonyl (C=O) groups excluding carboxylic acids is 1. The van der Waals surface area contributed by atoms with E-state index in [1.54, 1.807) is 10.6 Å². The van der Waals surface area contributed by atoms with E-state index in [0.717, 1.165) is 23.9 Å². The quantitative estimate of drug-likeness (QED) is 0.539. The molecule has 0 radical (unpaired) electrons. The van der Waals surface area contributed by atoms with Gasteiger partial charge >= 0.3 is 0 Å². The lowest BCUT2D eigenvalue weighted by atomic mass is 10.2. The fourth-order valence-corrected chi connectivity index (χ4v) is 2.72. The molecule has 124 valence electrons. The number of allylic oxidation sites excluding steroid dienone is 1. The van der Waals surface area contributed by atoms with Crippen molar-refractivity contribution in [1.82, 2.24) is 19.9 Å². The number of rotatable bonds is 6. The highest BCUT2D eigenvalue weighted by atomic mass is 16.1. The molecule has 0 fully saturated rings. The summed E-state index contributed by atoms with van der Waals surface area (Å²) < 4.78 is 1.77. The summed E-state index contributed by atoms with van der Waals surface area (Å²) in [5, 5.41) is 2.91. The number of para-hydroxylation sites is 2. The lowest BCUT2D eigenvalue weighted by Gasteiger charge is -2.05. The Morgan fingerprint density at radius 3 is 2.71 bits per heavy atom. The normalized spacial score (nSPS) is 11.0. The summed E-state index contributed by atoms with van der Waals surface area (Å²) in [6.07, 6.45) is 3.66. The Labute approximate surface area is 140 Å². The molecule has 6 heteroatoms. The lowest BCUT2D eigenvalue weighted by Crippen LogP contribution is -2.25. The highest BCUT2D eigenvalue weighted by Gasteiger charge is 2.23. The minimum absolute atomic E-state index is 0.210. The predicted octanol–water partition coefficient (Wildman–Crippen LogP) is 2.88. The molecule has 0 saturated carbocycles. The van der Waals surface area contributed by atoms with Crippen molar-refractivity contribution >= 4 is 33.9 Å². The topological polar surface area (TPSA) is 85.8 Å². The van der Waals surface area contributed by atoms with Gasteiger partial charge in [0, 0.05) is 13.1 Å². The number of nitrogen functional groups attached to an aromatic ring is 1. The summed E-state index contributed by atoms with van der Waals surface area (Å²) in [6.45, 7) is 6.92. The van der Waals surface area contributed by atoms with Crippen molar-refractivity contribution in [3.8, 4) is 0 Å². The largest absolute Gasteiger partial charge is 0.384 e. The second-order valence-corrected chi connectivity index (χ2v) is 5.65. The van der Waals surface area contributed by atoms with Gasteiger partial charge in [0.1, 0.15) is 16.9 Å². The molecule has 0 aliphatic rings. The highest BCUT2D eigenvalue weighted by Crippen LogP contribution is 2.27. The average molecular weight is 323 g/mol. The van der Waals surface area contributed by atoms with E-state index in [2.05, 4.69) is 28.8 Å². The molecule has 1 amide bonds. The Hall–Kier alpha value is -2.89. The van der Waals surface area contributed by atoms with Crippen molar-refractivity contribution in [3.05, 3.63) is 42.5 Å². The summed E-state index contributed by atoms with van der Waals surface area (Å²) >= 11 is 0. The molecule has 0 bridgehead atoms. The SMILES string of the molecule is C=CCn1c(N)c(C(=O)NCCCC)c2nc3ccccc3nc21. The zero-order valence-corrected chi connectivity index (χ0v) is 13.7. The molecule has 2 heterocycles. The third-order valence-corrected chi connectivity index (χ3v) is 3.95. The van der Waals surface area contributed by atoms with Crippen LogP contribution in [0.5, 0.6) is 0 Å². The number of anilines is 1. The standard InChI is InChI=1S/C18H21N5O/c1-3-5-10-20-18(24)14-15-17(23(11-4-2)16(14)19)22-13-9-7-6-8-12(13)21-15/h4,6-9H,2-3,5,10-11,19H2,1H3,(H,20,24). The number of nitrogens with two attached hydrogens (primary N) is 1. The van der Waals surface area contributed by atoms with Gasteiger partial charge in [0.15, 0.2) is 5.65 Å². The molecule has 2 aromatic heterocycles. The van der Waals surface area contributed by atoms with Crippen LogP contribution in [0.25, 0.3) is 22.2 Å². The Morgan fingerprint density at radius 2 is 2.04 bits per heavy atom. The minimum Gasteiger partial charge on any atom is -0.384 e. The van der Waals surface area contributed by atoms with E-state index < -0.39 is 0 Å². The van der Waals surface area contributed by atoms with Gasteiger partial charge in [-0.3, -0.25) is 4.79 Å². The second-order valence-electron chi connectivity index (χ2n) is 5.65. The van der Waals surface area contributed by atoms with Gasteiger partial charge in [0.05, 0.1) is 11.0 Å². The number of amides is 1. The zero-order chi connectivity index (χ0) is 17.1. The van der Waals surface area contributed by atoms with Gasteiger partial charge in [-0.2, -0.15) is 0 Å². The van der Waals surface area contributed by atoms with Gasteiger partial charge in [-0.1, -0.05) is 31.6 Å². The summed E-state index contributed by atoms with van der Waals surface area (Å²) in [7, 11) is 0.